The second kappa shape index (κ2) is 7.37. The minimum absolute atomic E-state index is 0.0816. The van der Waals surface area contributed by atoms with Gasteiger partial charge in [-0.2, -0.15) is 5.10 Å². The molecule has 3 aromatic carbocycles. The van der Waals surface area contributed by atoms with Crippen molar-refractivity contribution in [3.05, 3.63) is 111 Å². The first-order chi connectivity index (χ1) is 15.6. The Balaban J connectivity index is 1.62. The van der Waals surface area contributed by atoms with Crippen molar-refractivity contribution in [1.29, 1.82) is 0 Å². The topological polar surface area (TPSA) is 33.4 Å². The molecule has 32 heavy (non-hydrogen) atoms. The summed E-state index contributed by atoms with van der Waals surface area (Å²) in [5, 5.41) is 6.29. The van der Waals surface area contributed by atoms with E-state index in [9.17, 15) is 0 Å². The number of aromatic nitrogens is 2. The molecule has 2 aliphatic rings. The fourth-order valence-corrected chi connectivity index (χ4v) is 4.75. The number of aryl methyl sites for hydroxylation is 1. The molecule has 6 rings (SSSR count). The number of aliphatic imine (C=N–C) groups is 1. The fourth-order valence-electron chi connectivity index (χ4n) is 4.49. The van der Waals surface area contributed by atoms with Crippen molar-refractivity contribution in [2.45, 2.75) is 13.0 Å². The van der Waals surface area contributed by atoms with Crippen LogP contribution >= 0.6 is 23.2 Å². The zero-order chi connectivity index (χ0) is 21.8. The summed E-state index contributed by atoms with van der Waals surface area (Å²) in [4.78, 5) is 7.37. The van der Waals surface area contributed by atoms with Crippen LogP contribution in [0.4, 0.5) is 11.5 Å². The molecule has 1 atom stereocenters. The van der Waals surface area contributed by atoms with Gasteiger partial charge in [0.05, 0.1) is 23.1 Å². The van der Waals surface area contributed by atoms with Crippen LogP contribution < -0.4 is 4.90 Å². The zero-order valence-electron chi connectivity index (χ0n) is 17.2. The molecule has 1 aromatic heterocycles. The Labute approximate surface area is 196 Å². The molecule has 0 saturated carbocycles. The summed E-state index contributed by atoms with van der Waals surface area (Å²) in [7, 11) is 0. The predicted molar refractivity (Wildman–Crippen MR) is 132 cm³/mol. The molecule has 0 fully saturated rings. The number of fused-ring (bicyclic) bond motifs is 4. The van der Waals surface area contributed by atoms with Gasteiger partial charge in [0.1, 0.15) is 5.84 Å². The highest BCUT2D eigenvalue weighted by Gasteiger charge is 2.37. The number of anilines is 1. The maximum Gasteiger partial charge on any atom is 0.163 e. The summed E-state index contributed by atoms with van der Waals surface area (Å²) in [6, 6.07) is 24.0. The molecule has 0 aliphatic carbocycles. The van der Waals surface area contributed by atoms with Crippen molar-refractivity contribution < 1.29 is 0 Å². The van der Waals surface area contributed by atoms with Crippen LogP contribution in [0.2, 0.25) is 10.0 Å². The molecule has 6 heteroatoms. The first-order valence-corrected chi connectivity index (χ1v) is 11.1. The summed E-state index contributed by atoms with van der Waals surface area (Å²) in [5.74, 6) is 1.71. The van der Waals surface area contributed by atoms with Gasteiger partial charge < -0.3 is 4.90 Å². The van der Waals surface area contributed by atoms with E-state index in [1.165, 1.54) is 0 Å². The molecular formula is C26H18Cl2N4. The second-order valence-corrected chi connectivity index (χ2v) is 8.77. The van der Waals surface area contributed by atoms with Gasteiger partial charge in [0.15, 0.2) is 5.82 Å². The van der Waals surface area contributed by atoms with Crippen LogP contribution in [0.25, 0.3) is 11.8 Å². The molecule has 156 valence electrons. The lowest BCUT2D eigenvalue weighted by Crippen LogP contribution is -2.38. The van der Waals surface area contributed by atoms with Crippen LogP contribution in [0.3, 0.4) is 0 Å². The quantitative estimate of drug-likeness (QED) is 0.320. The first kappa shape index (κ1) is 19.4. The highest BCUT2D eigenvalue weighted by Crippen LogP contribution is 2.46. The van der Waals surface area contributed by atoms with Gasteiger partial charge in [-0.25, -0.2) is 9.67 Å². The maximum absolute atomic E-state index is 6.22. The average Bonchev–Trinajstić information content (AvgIpc) is 3.14. The van der Waals surface area contributed by atoms with Crippen molar-refractivity contribution in [3.63, 3.8) is 0 Å². The first-order valence-electron chi connectivity index (χ1n) is 10.4. The molecule has 0 spiro atoms. The number of hydrogen-bond donors (Lipinski definition) is 0. The monoisotopic (exact) mass is 456 g/mol. The fraction of sp³-hybridized carbons (Fsp3) is 0.0769. The van der Waals surface area contributed by atoms with E-state index in [0.29, 0.717) is 10.0 Å². The lowest BCUT2D eigenvalue weighted by molar-refractivity contribution is 0.813. The Kier molecular flexibility index (Phi) is 4.46. The second-order valence-electron chi connectivity index (χ2n) is 7.90. The number of para-hydroxylation sites is 1. The number of amidine groups is 1. The third-order valence-corrected chi connectivity index (χ3v) is 6.45. The van der Waals surface area contributed by atoms with Gasteiger partial charge in [0, 0.05) is 15.6 Å². The Morgan fingerprint density at radius 2 is 1.50 bits per heavy atom. The Hall–Kier alpha value is -3.34. The van der Waals surface area contributed by atoms with Crippen molar-refractivity contribution in [1.82, 2.24) is 9.78 Å². The van der Waals surface area contributed by atoms with Gasteiger partial charge >= 0.3 is 0 Å². The van der Waals surface area contributed by atoms with E-state index < -0.39 is 0 Å². The highest BCUT2D eigenvalue weighted by molar-refractivity contribution is 6.30. The molecule has 0 unspecified atom stereocenters. The predicted octanol–water partition coefficient (Wildman–Crippen LogP) is 7.15. The maximum atomic E-state index is 6.22. The highest BCUT2D eigenvalue weighted by atomic mass is 35.5. The molecule has 4 nitrogen and oxygen atoms in total. The summed E-state index contributed by atoms with van der Waals surface area (Å²) >= 11 is 12.3. The molecule has 0 saturated heterocycles. The smallest absolute Gasteiger partial charge is 0.163 e. The van der Waals surface area contributed by atoms with Gasteiger partial charge in [-0.05, 0) is 72.7 Å². The van der Waals surface area contributed by atoms with E-state index in [-0.39, 0.29) is 6.04 Å². The Bertz CT molecular complexity index is 1400. The van der Waals surface area contributed by atoms with Gasteiger partial charge in [-0.15, -0.1) is 0 Å². The molecule has 0 N–H and O–H groups in total. The van der Waals surface area contributed by atoms with E-state index in [1.54, 1.807) is 0 Å². The van der Waals surface area contributed by atoms with Crippen LogP contribution in [-0.4, -0.2) is 15.6 Å². The summed E-state index contributed by atoms with van der Waals surface area (Å²) < 4.78 is 1.91. The molecule has 0 radical (unpaired) electrons. The summed E-state index contributed by atoms with van der Waals surface area (Å²) in [6.45, 7) is 2.04. The Morgan fingerprint density at radius 1 is 0.812 bits per heavy atom. The lowest BCUT2D eigenvalue weighted by Gasteiger charge is -2.39. The van der Waals surface area contributed by atoms with Crippen molar-refractivity contribution in [2.24, 2.45) is 4.99 Å². The van der Waals surface area contributed by atoms with Crippen LogP contribution in [0.15, 0.2) is 83.9 Å². The molecule has 0 amide bonds. The average molecular weight is 457 g/mol. The van der Waals surface area contributed by atoms with Crippen molar-refractivity contribution in [2.75, 3.05) is 4.90 Å². The molecule has 0 bridgehead atoms. The molecule has 2 aliphatic heterocycles. The van der Waals surface area contributed by atoms with Gasteiger partial charge in [0.2, 0.25) is 0 Å². The van der Waals surface area contributed by atoms with Crippen LogP contribution in [0.5, 0.6) is 0 Å². The molecule has 4 aromatic rings. The van der Waals surface area contributed by atoms with Crippen LogP contribution in [0.1, 0.15) is 28.4 Å². The van der Waals surface area contributed by atoms with E-state index in [0.717, 1.165) is 45.4 Å². The summed E-state index contributed by atoms with van der Waals surface area (Å²) in [6.07, 6.45) is 4.19. The number of nitrogens with zero attached hydrogens (tertiary/aromatic N) is 4. The third kappa shape index (κ3) is 2.99. The normalized spacial score (nSPS) is 16.3. The third-order valence-electron chi connectivity index (χ3n) is 5.95. The van der Waals surface area contributed by atoms with E-state index in [4.69, 9.17) is 33.3 Å². The minimum atomic E-state index is -0.0816. The SMILES string of the molecule is Cc1nn(-c2ccc(Cl)cc2)c2c1[C@@H](c1ccc(Cl)cc1)N1C(=N2)C=Cc2ccccc21. The number of hydrogen-bond acceptors (Lipinski definition) is 3. The number of benzene rings is 3. The minimum Gasteiger partial charge on any atom is -0.314 e. The van der Waals surface area contributed by atoms with E-state index >= 15 is 0 Å². The Morgan fingerprint density at radius 3 is 2.25 bits per heavy atom. The van der Waals surface area contributed by atoms with E-state index in [2.05, 4.69) is 53.5 Å². The van der Waals surface area contributed by atoms with Gasteiger partial charge in [-0.3, -0.25) is 0 Å². The number of halogens is 2. The lowest BCUT2D eigenvalue weighted by atomic mass is 9.92. The zero-order valence-corrected chi connectivity index (χ0v) is 18.7. The van der Waals surface area contributed by atoms with Crippen LogP contribution in [0, 0.1) is 6.92 Å². The van der Waals surface area contributed by atoms with Crippen LogP contribution in [-0.2, 0) is 0 Å². The molecule has 3 heterocycles. The largest absolute Gasteiger partial charge is 0.314 e. The van der Waals surface area contributed by atoms with Gasteiger partial charge in [0.25, 0.3) is 0 Å². The van der Waals surface area contributed by atoms with Crippen molar-refractivity contribution >= 4 is 46.6 Å². The van der Waals surface area contributed by atoms with Gasteiger partial charge in [-0.1, -0.05) is 53.5 Å². The summed E-state index contributed by atoms with van der Waals surface area (Å²) in [5.41, 5.74) is 6.36. The van der Waals surface area contributed by atoms with E-state index in [1.807, 2.05) is 48.0 Å². The van der Waals surface area contributed by atoms with Crippen molar-refractivity contribution in [3.8, 4) is 5.69 Å². The standard InChI is InChI=1S/C26H18Cl2N4/c1-16-24-25(18-6-9-19(27)10-7-18)31-22-5-3-2-4-17(22)8-15-23(31)29-26(24)32(30-16)21-13-11-20(28)12-14-21/h2-15,25H,1H3/t25-/m1/s1. The molecular weight excluding hydrogens is 439 g/mol. The number of rotatable bonds is 2.